The minimum atomic E-state index is -0.381. The summed E-state index contributed by atoms with van der Waals surface area (Å²) in [7, 11) is 0. The first-order chi connectivity index (χ1) is 10.8. The average molecular weight is 300 g/mol. The van der Waals surface area contributed by atoms with Crippen LogP contribution >= 0.6 is 0 Å². The molecule has 1 aliphatic rings. The summed E-state index contributed by atoms with van der Waals surface area (Å²) in [6.07, 6.45) is 1.65. The standard InChI is InChI=1S/C15H15FN6.H2/c16-11-3-4-12(22-7-9(6-17)8-22)19-14(11)13-10-2-1-5-18-15(10)21-20-13;/h1-5,9H,6-8,17H2,(H,18,20,21);1H. The van der Waals surface area contributed by atoms with Crippen molar-refractivity contribution in [2.75, 3.05) is 24.5 Å². The Kier molecular flexibility index (Phi) is 3.00. The summed E-state index contributed by atoms with van der Waals surface area (Å²) in [5.41, 5.74) is 7.01. The summed E-state index contributed by atoms with van der Waals surface area (Å²) in [6.45, 7) is 2.39. The Bertz CT molecular complexity index is 830. The lowest BCUT2D eigenvalue weighted by Gasteiger charge is -2.39. The summed E-state index contributed by atoms with van der Waals surface area (Å²) in [4.78, 5) is 10.7. The first-order valence-electron chi connectivity index (χ1n) is 7.17. The van der Waals surface area contributed by atoms with Gasteiger partial charge in [0.1, 0.15) is 11.5 Å². The number of anilines is 1. The van der Waals surface area contributed by atoms with Gasteiger partial charge in [0.25, 0.3) is 0 Å². The Morgan fingerprint density at radius 2 is 2.23 bits per heavy atom. The zero-order valence-corrected chi connectivity index (χ0v) is 11.8. The lowest BCUT2D eigenvalue weighted by Crippen LogP contribution is -2.50. The highest BCUT2D eigenvalue weighted by Crippen LogP contribution is 2.29. The molecular weight excluding hydrogens is 283 g/mol. The molecule has 22 heavy (non-hydrogen) atoms. The van der Waals surface area contributed by atoms with Crippen molar-refractivity contribution >= 4 is 16.9 Å². The highest BCUT2D eigenvalue weighted by atomic mass is 19.1. The van der Waals surface area contributed by atoms with Crippen molar-refractivity contribution in [3.8, 4) is 11.4 Å². The molecule has 0 saturated carbocycles. The number of hydrogen-bond donors (Lipinski definition) is 2. The molecule has 3 aromatic heterocycles. The number of aromatic nitrogens is 4. The molecule has 3 N–H and O–H groups in total. The van der Waals surface area contributed by atoms with E-state index in [4.69, 9.17) is 5.73 Å². The predicted octanol–water partition coefficient (Wildman–Crippen LogP) is 1.80. The molecular formula is C15H17FN6. The molecule has 114 valence electrons. The Balaban J connectivity index is 0.00000156. The van der Waals surface area contributed by atoms with E-state index >= 15 is 0 Å². The van der Waals surface area contributed by atoms with Crippen molar-refractivity contribution in [1.29, 1.82) is 0 Å². The lowest BCUT2D eigenvalue weighted by molar-refractivity contribution is 0.417. The SMILES string of the molecule is NCC1CN(c2ccc(F)c(-c3[nH]nc4ncccc34)n2)C1.[HH]. The normalized spacial score (nSPS) is 15.3. The first-order valence-corrected chi connectivity index (χ1v) is 7.17. The van der Waals surface area contributed by atoms with Crippen molar-refractivity contribution in [3.05, 3.63) is 36.3 Å². The lowest BCUT2D eigenvalue weighted by atomic mass is 10.0. The number of H-pyrrole nitrogens is 1. The van der Waals surface area contributed by atoms with E-state index in [0.717, 1.165) is 24.3 Å². The van der Waals surface area contributed by atoms with E-state index in [1.165, 1.54) is 6.07 Å². The maximum Gasteiger partial charge on any atom is 0.181 e. The Morgan fingerprint density at radius 3 is 3.05 bits per heavy atom. The number of nitrogens with two attached hydrogens (primary N) is 1. The molecule has 1 aliphatic heterocycles. The summed E-state index contributed by atoms with van der Waals surface area (Å²) in [6, 6.07) is 6.78. The molecule has 0 aromatic carbocycles. The predicted molar refractivity (Wildman–Crippen MR) is 83.9 cm³/mol. The van der Waals surface area contributed by atoms with Gasteiger partial charge in [-0.3, -0.25) is 5.10 Å². The van der Waals surface area contributed by atoms with Gasteiger partial charge in [-0.05, 0) is 30.8 Å². The van der Waals surface area contributed by atoms with Crippen LogP contribution in [0.2, 0.25) is 0 Å². The fraction of sp³-hybridized carbons (Fsp3) is 0.267. The van der Waals surface area contributed by atoms with Gasteiger partial charge in [-0.2, -0.15) is 5.10 Å². The van der Waals surface area contributed by atoms with Gasteiger partial charge >= 0.3 is 0 Å². The highest BCUT2D eigenvalue weighted by Gasteiger charge is 2.27. The molecule has 7 heteroatoms. The van der Waals surface area contributed by atoms with Gasteiger partial charge < -0.3 is 10.6 Å². The van der Waals surface area contributed by atoms with Gasteiger partial charge in [0.2, 0.25) is 0 Å². The van der Waals surface area contributed by atoms with Gasteiger partial charge in [0.15, 0.2) is 11.5 Å². The van der Waals surface area contributed by atoms with Gasteiger partial charge in [0, 0.05) is 32.0 Å². The molecule has 0 unspecified atom stereocenters. The molecule has 6 nitrogen and oxygen atoms in total. The molecule has 0 aliphatic carbocycles. The molecule has 1 saturated heterocycles. The molecule has 0 spiro atoms. The van der Waals surface area contributed by atoms with Crippen molar-refractivity contribution in [3.63, 3.8) is 0 Å². The average Bonchev–Trinajstić information content (AvgIpc) is 2.92. The maximum absolute atomic E-state index is 14.2. The quantitative estimate of drug-likeness (QED) is 0.770. The van der Waals surface area contributed by atoms with Gasteiger partial charge in [0.05, 0.1) is 5.69 Å². The molecule has 0 atom stereocenters. The number of rotatable bonds is 3. The fourth-order valence-electron chi connectivity index (χ4n) is 2.72. The Morgan fingerprint density at radius 1 is 1.36 bits per heavy atom. The first kappa shape index (κ1) is 13.1. The van der Waals surface area contributed by atoms with Crippen molar-refractivity contribution < 1.29 is 5.82 Å². The summed E-state index contributed by atoms with van der Waals surface area (Å²) in [5, 5.41) is 7.70. The summed E-state index contributed by atoms with van der Waals surface area (Å²) >= 11 is 0. The number of nitrogens with one attached hydrogen (secondary N) is 1. The topological polar surface area (TPSA) is 83.7 Å². The number of aromatic amines is 1. The van der Waals surface area contributed by atoms with Crippen LogP contribution in [0.5, 0.6) is 0 Å². The van der Waals surface area contributed by atoms with E-state index in [1.54, 1.807) is 18.3 Å². The smallest absolute Gasteiger partial charge is 0.181 e. The van der Waals surface area contributed by atoms with Gasteiger partial charge in [-0.25, -0.2) is 14.4 Å². The van der Waals surface area contributed by atoms with Crippen LogP contribution in [0.25, 0.3) is 22.4 Å². The van der Waals surface area contributed by atoms with Crippen molar-refractivity contribution in [1.82, 2.24) is 20.2 Å². The van der Waals surface area contributed by atoms with E-state index in [2.05, 4.69) is 25.1 Å². The second-order valence-electron chi connectivity index (χ2n) is 5.48. The second-order valence-corrected chi connectivity index (χ2v) is 5.48. The highest BCUT2D eigenvalue weighted by molar-refractivity contribution is 5.89. The van der Waals surface area contributed by atoms with Crippen LogP contribution in [0.1, 0.15) is 1.43 Å². The van der Waals surface area contributed by atoms with Gasteiger partial charge in [-0.15, -0.1) is 0 Å². The van der Waals surface area contributed by atoms with Crippen LogP contribution in [-0.4, -0.2) is 39.8 Å². The number of halogens is 1. The molecule has 0 amide bonds. The largest absolute Gasteiger partial charge is 0.356 e. The van der Waals surface area contributed by atoms with E-state index < -0.39 is 0 Å². The molecule has 4 rings (SSSR count). The third-order valence-corrected chi connectivity index (χ3v) is 4.01. The fourth-order valence-corrected chi connectivity index (χ4v) is 2.72. The molecule has 1 fully saturated rings. The van der Waals surface area contributed by atoms with Crippen molar-refractivity contribution in [2.24, 2.45) is 11.7 Å². The number of nitrogens with zero attached hydrogens (tertiary/aromatic N) is 4. The van der Waals surface area contributed by atoms with Crippen LogP contribution in [0.4, 0.5) is 10.2 Å². The van der Waals surface area contributed by atoms with Crippen LogP contribution < -0.4 is 10.6 Å². The summed E-state index contributed by atoms with van der Waals surface area (Å²) in [5.74, 6) is 0.870. The van der Waals surface area contributed by atoms with Crippen LogP contribution in [0.15, 0.2) is 30.5 Å². The minimum Gasteiger partial charge on any atom is -0.356 e. The number of pyridine rings is 2. The summed E-state index contributed by atoms with van der Waals surface area (Å²) < 4.78 is 14.2. The van der Waals surface area contributed by atoms with Crippen LogP contribution in [0.3, 0.4) is 0 Å². The second kappa shape index (κ2) is 5.03. The van der Waals surface area contributed by atoms with E-state index in [-0.39, 0.29) is 12.9 Å². The Hall–Kier alpha value is -2.54. The van der Waals surface area contributed by atoms with Crippen LogP contribution in [0, 0.1) is 11.7 Å². The van der Waals surface area contributed by atoms with E-state index in [9.17, 15) is 4.39 Å². The monoisotopic (exact) mass is 300 g/mol. The van der Waals surface area contributed by atoms with Crippen molar-refractivity contribution in [2.45, 2.75) is 0 Å². The third kappa shape index (κ3) is 2.01. The minimum absolute atomic E-state index is 0. The van der Waals surface area contributed by atoms with Gasteiger partial charge in [-0.1, -0.05) is 0 Å². The zero-order chi connectivity index (χ0) is 15.1. The van der Waals surface area contributed by atoms with E-state index in [1.807, 2.05) is 6.07 Å². The Labute approximate surface area is 127 Å². The molecule has 0 bridgehead atoms. The number of fused-ring (bicyclic) bond motifs is 1. The third-order valence-electron chi connectivity index (χ3n) is 4.01. The molecule has 4 heterocycles. The molecule has 0 radical (unpaired) electrons. The number of hydrogen-bond acceptors (Lipinski definition) is 5. The molecule has 3 aromatic rings. The van der Waals surface area contributed by atoms with E-state index in [0.29, 0.717) is 23.8 Å². The van der Waals surface area contributed by atoms with Crippen LogP contribution in [-0.2, 0) is 0 Å². The maximum atomic E-state index is 14.2. The zero-order valence-electron chi connectivity index (χ0n) is 11.8.